The molecule has 8 heterocycles. The van der Waals surface area contributed by atoms with E-state index in [1.54, 1.807) is 152 Å². The first-order valence-electron chi connectivity index (χ1n) is 48.8. The molecule has 0 amide bonds. The molecule has 14 atom stereocenters. The molecule has 804 valence electrons. The van der Waals surface area contributed by atoms with Gasteiger partial charge in [-0.25, -0.2) is 55.5 Å². The summed E-state index contributed by atoms with van der Waals surface area (Å²) in [7, 11) is 0.305. The number of Topliss-reactive ketones (excluding diaryl/α,β-unsaturated/α-hetero) is 3. The van der Waals surface area contributed by atoms with Crippen molar-refractivity contribution in [2.45, 2.75) is 280 Å². The summed E-state index contributed by atoms with van der Waals surface area (Å²) in [5.74, 6) is 2.81. The van der Waals surface area contributed by atoms with Gasteiger partial charge in [-0.05, 0) is 283 Å². The number of aliphatic hydroxyl groups excluding tert-OH is 3. The first kappa shape index (κ1) is 119. The zero-order valence-electron chi connectivity index (χ0n) is 87.9. The van der Waals surface area contributed by atoms with Crippen LogP contribution in [0.3, 0.4) is 0 Å². The van der Waals surface area contributed by atoms with E-state index in [1.165, 1.54) is 45.6 Å². The first-order chi connectivity index (χ1) is 68.7. The predicted octanol–water partition coefficient (Wildman–Crippen LogP) is 16.4. The lowest BCUT2D eigenvalue weighted by atomic mass is 9.86. The smallest absolute Gasteiger partial charge is 0.171 e. The lowest BCUT2D eigenvalue weighted by Crippen LogP contribution is -2.49. The number of carbonyl (C=O) groups is 3. The molecule has 0 spiro atoms. The van der Waals surface area contributed by atoms with Crippen molar-refractivity contribution in [2.24, 2.45) is 11.5 Å². The highest BCUT2D eigenvalue weighted by Crippen LogP contribution is 2.52. The number of hydrogen-bond donors (Lipinski definition) is 12. The zero-order chi connectivity index (χ0) is 109. The molecule has 0 radical (unpaired) electrons. The molecule has 9 aromatic rings. The molecule has 0 aliphatic carbocycles. The number of aromatic nitrogens is 4. The highest BCUT2D eigenvalue weighted by Gasteiger charge is 2.50. The number of methoxy groups -OCH3 is 3. The lowest BCUT2D eigenvalue weighted by Gasteiger charge is -2.32. The number of rotatable bonds is 41. The van der Waals surface area contributed by atoms with Crippen LogP contribution in [0.25, 0.3) is 22.5 Å². The second kappa shape index (κ2) is 48.6. The van der Waals surface area contributed by atoms with Crippen molar-refractivity contribution in [2.75, 3.05) is 74.1 Å². The summed E-state index contributed by atoms with van der Waals surface area (Å²) in [5.41, 5.74) is 10.9. The van der Waals surface area contributed by atoms with Gasteiger partial charge >= 0.3 is 0 Å². The molecule has 32 nitrogen and oxygen atoms in total. The van der Waals surface area contributed by atoms with Gasteiger partial charge in [0.25, 0.3) is 0 Å². The van der Waals surface area contributed by atoms with Crippen molar-refractivity contribution < 1.29 is 119 Å². The fourth-order valence-electron chi connectivity index (χ4n) is 16.0. The normalized spacial score (nSPS) is 19.9. The number of benzene rings is 5. The van der Waals surface area contributed by atoms with Gasteiger partial charge < -0.3 is 94.6 Å². The second-order valence-corrected chi connectivity index (χ2v) is 48.0. The van der Waals surface area contributed by atoms with Crippen LogP contribution in [0, 0.1) is 11.6 Å². The molecule has 147 heavy (non-hydrogen) atoms. The Balaban J connectivity index is 0.000000205. The summed E-state index contributed by atoms with van der Waals surface area (Å²) in [6, 6.07) is 33.2. The number of ether oxygens (including phenoxy) is 10. The van der Waals surface area contributed by atoms with E-state index in [4.69, 9.17) is 92.0 Å². The second-order valence-electron chi connectivity index (χ2n) is 41.4. The minimum atomic E-state index is -1.55. The summed E-state index contributed by atoms with van der Waals surface area (Å²) in [4.78, 5) is 57.5. The van der Waals surface area contributed by atoms with Crippen LogP contribution in [0.4, 0.5) is 8.78 Å². The number of fused-ring (bicyclic) bond motifs is 4. The Morgan fingerprint density at radius 3 is 0.959 bits per heavy atom. The number of hydrogen-bond acceptors (Lipinski definition) is 29. The van der Waals surface area contributed by atoms with Gasteiger partial charge in [0.15, 0.2) is 85.2 Å². The summed E-state index contributed by atoms with van der Waals surface area (Å²) in [5, 5.41) is 73.9. The van der Waals surface area contributed by atoms with Crippen LogP contribution in [0.2, 0.25) is 10.3 Å². The monoisotopic (exact) mass is 2140 g/mol. The largest absolute Gasteiger partial charge is 0.493 e. The third kappa shape index (κ3) is 28.7. The fourth-order valence-corrected chi connectivity index (χ4v) is 19.4. The lowest BCUT2D eigenvalue weighted by molar-refractivity contribution is 0.0394. The fraction of sp³-hybridized carbons (Fsp3) is 0.509. The molecule has 0 saturated heterocycles. The number of halogens is 4. The van der Waals surface area contributed by atoms with Crippen molar-refractivity contribution >= 4 is 73.5 Å². The Bertz CT molecular complexity index is 6240. The molecule has 13 rings (SSSR count). The summed E-state index contributed by atoms with van der Waals surface area (Å²) >= 11 is 12.7. The topological polar surface area (TPSA) is 476 Å². The number of aliphatic hydroxyl groups is 7. The Morgan fingerprint density at radius 2 is 0.680 bits per heavy atom. The van der Waals surface area contributed by atoms with Gasteiger partial charge in [0.1, 0.15) is 91.7 Å². The molecular formula is C108H143Cl2F2N9O23S3. The zero-order valence-corrected chi connectivity index (χ0v) is 91.9. The van der Waals surface area contributed by atoms with Gasteiger partial charge in [0.2, 0.25) is 0 Å². The molecule has 5 aromatic carbocycles. The minimum absolute atomic E-state index is 0.00358. The quantitative estimate of drug-likeness (QED) is 0.0125. The van der Waals surface area contributed by atoms with Crippen LogP contribution >= 0.6 is 23.2 Å². The number of ketones is 3. The summed E-state index contributed by atoms with van der Waals surface area (Å²) in [6.07, 6.45) is 0.668. The maximum absolute atomic E-state index is 13.8. The Hall–Kier alpha value is -9.88. The van der Waals surface area contributed by atoms with Crippen LogP contribution in [0.5, 0.6) is 57.5 Å². The predicted molar refractivity (Wildman–Crippen MR) is 563 cm³/mol. The number of nitrogens with zero attached hydrogens (tertiary/aromatic N) is 4. The summed E-state index contributed by atoms with van der Waals surface area (Å²) in [6.45, 7) is 37.3. The van der Waals surface area contributed by atoms with Crippen LogP contribution in [-0.2, 0) is 77.5 Å². The van der Waals surface area contributed by atoms with Crippen molar-refractivity contribution in [1.29, 1.82) is 0 Å². The van der Waals surface area contributed by atoms with Gasteiger partial charge in [-0.2, -0.15) is 0 Å². The Kier molecular flexibility index (Phi) is 39.3. The average molecular weight is 2140 g/mol. The van der Waals surface area contributed by atoms with E-state index in [0.717, 1.165) is 11.1 Å². The molecule has 4 aliphatic heterocycles. The third-order valence-corrected chi connectivity index (χ3v) is 31.6. The maximum atomic E-state index is 13.8. The average Bonchev–Trinajstić information content (AvgIpc) is 1.60. The molecule has 0 saturated carbocycles. The van der Waals surface area contributed by atoms with E-state index in [0.29, 0.717) is 163 Å². The van der Waals surface area contributed by atoms with Crippen molar-refractivity contribution in [3.63, 3.8) is 0 Å². The first-order valence-corrected chi connectivity index (χ1v) is 53.0. The number of nitrogens with one attached hydrogen (secondary N) is 3. The van der Waals surface area contributed by atoms with Gasteiger partial charge in [-0.1, -0.05) is 50.9 Å². The maximum Gasteiger partial charge on any atom is 0.171 e. The molecule has 14 N–H and O–H groups in total. The van der Waals surface area contributed by atoms with E-state index in [9.17, 15) is 71.5 Å². The van der Waals surface area contributed by atoms with E-state index in [-0.39, 0.29) is 118 Å². The number of pyridine rings is 4. The molecule has 0 bridgehead atoms. The molecule has 4 aromatic heterocycles. The SMILES string of the molecule is CC[C@@]1(NS(=O)C(C)(C)C)COc2c1cc([C@@](C)(O)CN)nc2Cl.CC[C@]1(N)COc2c1cc([C@](C)(O)CCC(=O)c1ccc(OC[C@@H](C)O)c(OC)c1)nc2-c1ccc(F)cc1.CC[C@]1(NS(=O)C(C)(C)C)COc2c1cc([C@](C)(O)CCC(=O)c1ccc(OC[C@@H](C)O)c(OC)c1)nc2-c1ccc(F)cc1.CC[C@]1(NS(=O)C(C)(C)C)COc2c1cc([C@](C)(O)CCC(=O)c1ccc(OC[C@@H](C)O)c(OC)c1)nc2Cl. The Labute approximate surface area is 877 Å². The molecule has 3 unspecified atom stereocenters. The van der Waals surface area contributed by atoms with Crippen molar-refractivity contribution in [3.8, 4) is 80.0 Å². The van der Waals surface area contributed by atoms with Crippen LogP contribution in [-0.4, -0.2) is 192 Å². The van der Waals surface area contributed by atoms with Gasteiger partial charge in [-0.3, -0.25) is 14.4 Å². The molecular weight excluding hydrogens is 2000 g/mol. The van der Waals surface area contributed by atoms with Gasteiger partial charge in [0.05, 0.1) is 132 Å². The summed E-state index contributed by atoms with van der Waals surface area (Å²) < 4.78 is 131. The highest BCUT2D eigenvalue weighted by atomic mass is 35.5. The van der Waals surface area contributed by atoms with Crippen LogP contribution in [0.15, 0.2) is 127 Å². The van der Waals surface area contributed by atoms with E-state index < -0.39 is 116 Å². The van der Waals surface area contributed by atoms with E-state index in [2.05, 4.69) is 24.1 Å². The third-order valence-electron chi connectivity index (χ3n) is 26.0. The van der Waals surface area contributed by atoms with Crippen LogP contribution < -0.4 is 73.0 Å². The highest BCUT2D eigenvalue weighted by molar-refractivity contribution is 7.85. The molecule has 39 heteroatoms. The molecule has 0 fully saturated rings. The molecule has 4 aliphatic rings. The van der Waals surface area contributed by atoms with Crippen molar-refractivity contribution in [3.05, 3.63) is 211 Å². The van der Waals surface area contributed by atoms with Crippen LogP contribution in [0.1, 0.15) is 279 Å². The van der Waals surface area contributed by atoms with E-state index >= 15 is 0 Å². The van der Waals surface area contributed by atoms with Gasteiger partial charge in [0, 0.05) is 75.9 Å². The Morgan fingerprint density at radius 1 is 0.408 bits per heavy atom. The van der Waals surface area contributed by atoms with Gasteiger partial charge in [-0.15, -0.1) is 0 Å². The standard InChI is InChI=1S/C34H43FN2O7S.C30H35FN2O6.C28H39ClN2O7S.C16H26ClN3O3S/c1-8-34(37-45(41)32(3,4)5)20-44-31-25(34)18-29(36-30(31)22-9-12-24(35)13-10-22)33(6,40)16-15-26(39)23-11-14-27(28(17-23)42-7)43-19-21(2)38;1-5-30(32)17-39-28-22(30)15-26(33-27(28)19-6-9-21(31)10-7-19)29(3,36)13-12-23(35)20-8-11-24(25(14-20)37-4)38-16-18(2)34;1-8-28(31-39(35)26(3,4)5)16-38-24-19(28)14-23(30-25(24)29)27(6,34)12-11-20(33)18-9-10-21(22(13-18)36-7)37-15-17(2)32;1-6-16(20-24(22)14(2,3)4)9-23-12-10(16)7-11(19-13(12)17)15(5,21)8-18/h9-14,17-18,21,37-38,40H,8,15-16,19-20H2,1-7H3;6-11,14-15,18,34,36H,5,12-13,16-17,32H2,1-4H3;9-10,13-14,17,31-32,34H,8,11-12,15-16H2,1-7H3;7,20-21H,6,8-9,18H2,1-5H3/t21-,33-,34+,45?;18-,29-,30+;17-,27-,28+,39?;15-,16+,24?/m1110/s1. The van der Waals surface area contributed by atoms with E-state index in [1.807, 2.05) is 90.0 Å². The minimum Gasteiger partial charge on any atom is -0.493 e. The van der Waals surface area contributed by atoms with Crippen molar-refractivity contribution in [1.82, 2.24) is 34.1 Å². The number of nitrogens with two attached hydrogens (primary N) is 2. The number of carbonyl (C=O) groups excluding carboxylic acids is 3.